The highest BCUT2D eigenvalue weighted by Gasteiger charge is 2.32. The lowest BCUT2D eigenvalue weighted by Crippen LogP contribution is -2.39. The van der Waals surface area contributed by atoms with E-state index >= 15 is 0 Å². The van der Waals surface area contributed by atoms with E-state index in [1.165, 1.54) is 13.2 Å². The number of rotatable bonds is 8. The number of hydrogen-bond donors (Lipinski definition) is 0. The molecular formula is C38H42FNO5. The van der Waals surface area contributed by atoms with Crippen LogP contribution in [-0.4, -0.2) is 42.3 Å². The number of halogens is 1. The van der Waals surface area contributed by atoms with Crippen LogP contribution in [0.5, 0.6) is 5.75 Å². The lowest BCUT2D eigenvalue weighted by atomic mass is 9.82. The number of esters is 1. The molecule has 1 aliphatic heterocycles. The number of amides is 1. The lowest BCUT2D eigenvalue weighted by Gasteiger charge is -2.35. The lowest BCUT2D eigenvalue weighted by molar-refractivity contribution is 0.0162. The fraction of sp³-hybridized carbons (Fsp3) is 0.368. The van der Waals surface area contributed by atoms with Crippen LogP contribution in [0.3, 0.4) is 0 Å². The first-order valence-electron chi connectivity index (χ1n) is 15.6. The number of carbonyl (C=O) groups excluding carboxylic acids is 2. The van der Waals surface area contributed by atoms with Gasteiger partial charge in [-0.1, -0.05) is 60.7 Å². The van der Waals surface area contributed by atoms with Crippen molar-refractivity contribution in [2.24, 2.45) is 0 Å². The molecule has 0 bridgehead atoms. The van der Waals surface area contributed by atoms with Gasteiger partial charge in [0, 0.05) is 23.4 Å². The zero-order chi connectivity index (χ0) is 32.3. The van der Waals surface area contributed by atoms with Crippen molar-refractivity contribution >= 4 is 22.8 Å². The molecule has 1 aliphatic rings. The molecule has 0 fully saturated rings. The van der Waals surface area contributed by atoms with E-state index in [0.29, 0.717) is 30.3 Å². The van der Waals surface area contributed by atoms with Crippen molar-refractivity contribution in [2.45, 2.75) is 77.5 Å². The van der Waals surface area contributed by atoms with Crippen molar-refractivity contribution in [3.63, 3.8) is 0 Å². The molecule has 4 aromatic rings. The van der Waals surface area contributed by atoms with Crippen LogP contribution in [-0.2, 0) is 9.47 Å². The molecule has 4 aromatic carbocycles. The van der Waals surface area contributed by atoms with Crippen LogP contribution in [0.4, 0.5) is 9.18 Å². The standard InChI is InChI=1S/C38H42FNO5/c1-24-17-18-26(22-32(24)36(41)43-6)33-23-27(44-35-16-10-9-15-31(33)35)12-11-21-40(37(42)45-38(3,4)5)25(2)28-19-20-34(39)30-14-8-7-13-29(28)30/h7-10,13-20,22,25,27,33H,11-12,21,23H2,1-6H3/t25-,27+,33?/m1/s1. The Morgan fingerprint density at radius 2 is 1.71 bits per heavy atom. The summed E-state index contributed by atoms with van der Waals surface area (Å²) < 4.78 is 32.0. The first kappa shape index (κ1) is 32.0. The molecule has 6 nitrogen and oxygen atoms in total. The summed E-state index contributed by atoms with van der Waals surface area (Å²) in [6, 6.07) is 24.2. The van der Waals surface area contributed by atoms with E-state index in [1.807, 2.05) is 83.1 Å². The second-order valence-corrected chi connectivity index (χ2v) is 12.8. The summed E-state index contributed by atoms with van der Waals surface area (Å²) in [7, 11) is 1.40. The van der Waals surface area contributed by atoms with Gasteiger partial charge in [0.25, 0.3) is 0 Å². The van der Waals surface area contributed by atoms with E-state index in [1.54, 1.807) is 17.0 Å². The molecule has 7 heteroatoms. The number of nitrogens with zero attached hydrogens (tertiary/aromatic N) is 1. The zero-order valence-electron chi connectivity index (χ0n) is 26.9. The fourth-order valence-corrected chi connectivity index (χ4v) is 6.24. The molecule has 0 N–H and O–H groups in total. The average Bonchev–Trinajstić information content (AvgIpc) is 3.02. The summed E-state index contributed by atoms with van der Waals surface area (Å²) in [5.41, 5.74) is 3.75. The van der Waals surface area contributed by atoms with E-state index in [4.69, 9.17) is 14.2 Å². The minimum absolute atomic E-state index is 0.0374. The summed E-state index contributed by atoms with van der Waals surface area (Å²) in [5.74, 6) is 0.225. The first-order chi connectivity index (χ1) is 21.5. The Labute approximate surface area is 265 Å². The molecule has 0 aromatic heterocycles. The summed E-state index contributed by atoms with van der Waals surface area (Å²) >= 11 is 0. The van der Waals surface area contributed by atoms with Crippen molar-refractivity contribution < 1.29 is 28.2 Å². The van der Waals surface area contributed by atoms with E-state index < -0.39 is 11.7 Å². The van der Waals surface area contributed by atoms with Gasteiger partial charge in [0.05, 0.1) is 24.8 Å². The smallest absolute Gasteiger partial charge is 0.410 e. The topological polar surface area (TPSA) is 65.1 Å². The number of ether oxygens (including phenoxy) is 3. The summed E-state index contributed by atoms with van der Waals surface area (Å²) in [6.07, 6.45) is 1.59. The van der Waals surface area contributed by atoms with Crippen LogP contribution in [0.25, 0.3) is 10.8 Å². The van der Waals surface area contributed by atoms with Gasteiger partial charge in [-0.25, -0.2) is 14.0 Å². The molecule has 0 aliphatic carbocycles. The molecule has 3 atom stereocenters. The monoisotopic (exact) mass is 611 g/mol. The number of para-hydroxylation sites is 1. The zero-order valence-corrected chi connectivity index (χ0v) is 26.9. The van der Waals surface area contributed by atoms with Crippen molar-refractivity contribution in [3.8, 4) is 5.75 Å². The van der Waals surface area contributed by atoms with Gasteiger partial charge in [0.2, 0.25) is 0 Å². The third-order valence-electron chi connectivity index (χ3n) is 8.53. The van der Waals surface area contributed by atoms with Crippen LogP contribution in [0.2, 0.25) is 0 Å². The molecule has 0 spiro atoms. The average molecular weight is 612 g/mol. The third kappa shape index (κ3) is 7.14. The van der Waals surface area contributed by atoms with E-state index in [0.717, 1.165) is 39.8 Å². The van der Waals surface area contributed by atoms with Gasteiger partial charge in [0.1, 0.15) is 17.2 Å². The molecule has 1 heterocycles. The molecule has 0 saturated carbocycles. The van der Waals surface area contributed by atoms with Crippen molar-refractivity contribution in [3.05, 3.63) is 112 Å². The molecule has 1 amide bonds. The van der Waals surface area contributed by atoms with Crippen LogP contribution in [0, 0.1) is 12.7 Å². The highest BCUT2D eigenvalue weighted by molar-refractivity contribution is 5.91. The van der Waals surface area contributed by atoms with E-state index in [-0.39, 0.29) is 29.9 Å². The number of methoxy groups -OCH3 is 1. The highest BCUT2D eigenvalue weighted by atomic mass is 19.1. The number of carbonyl (C=O) groups is 2. The second kappa shape index (κ2) is 13.3. The molecule has 236 valence electrons. The quantitative estimate of drug-likeness (QED) is 0.186. The van der Waals surface area contributed by atoms with Crippen LogP contribution >= 0.6 is 0 Å². The highest BCUT2D eigenvalue weighted by Crippen LogP contribution is 2.42. The Balaban J connectivity index is 1.38. The van der Waals surface area contributed by atoms with Gasteiger partial charge in [-0.2, -0.15) is 0 Å². The molecular weight excluding hydrogens is 569 g/mol. The van der Waals surface area contributed by atoms with E-state index in [9.17, 15) is 14.0 Å². The van der Waals surface area contributed by atoms with Crippen molar-refractivity contribution in [2.75, 3.05) is 13.7 Å². The maximum Gasteiger partial charge on any atom is 0.410 e. The number of hydrogen-bond acceptors (Lipinski definition) is 5. The van der Waals surface area contributed by atoms with Crippen LogP contribution in [0.15, 0.2) is 78.9 Å². The minimum Gasteiger partial charge on any atom is -0.490 e. The van der Waals surface area contributed by atoms with Gasteiger partial charge in [-0.3, -0.25) is 0 Å². The normalized spacial score (nSPS) is 16.8. The second-order valence-electron chi connectivity index (χ2n) is 12.8. The maximum absolute atomic E-state index is 14.6. The Morgan fingerprint density at radius 3 is 2.44 bits per heavy atom. The van der Waals surface area contributed by atoms with Gasteiger partial charge < -0.3 is 19.1 Å². The minimum atomic E-state index is -0.666. The van der Waals surface area contributed by atoms with Crippen molar-refractivity contribution in [1.82, 2.24) is 4.90 Å². The third-order valence-corrected chi connectivity index (χ3v) is 8.53. The largest absolute Gasteiger partial charge is 0.490 e. The predicted octanol–water partition coefficient (Wildman–Crippen LogP) is 9.14. The predicted molar refractivity (Wildman–Crippen MR) is 174 cm³/mol. The number of benzene rings is 4. The summed E-state index contributed by atoms with van der Waals surface area (Å²) in [4.78, 5) is 27.8. The Bertz CT molecular complexity index is 1690. The molecule has 0 radical (unpaired) electrons. The molecule has 1 unspecified atom stereocenters. The Morgan fingerprint density at radius 1 is 1.00 bits per heavy atom. The molecule has 5 rings (SSSR count). The maximum atomic E-state index is 14.6. The fourth-order valence-electron chi connectivity index (χ4n) is 6.24. The van der Waals surface area contributed by atoms with Gasteiger partial charge in [0.15, 0.2) is 0 Å². The van der Waals surface area contributed by atoms with Gasteiger partial charge in [-0.15, -0.1) is 0 Å². The van der Waals surface area contributed by atoms with E-state index in [2.05, 4.69) is 12.1 Å². The Hall–Kier alpha value is -4.39. The number of fused-ring (bicyclic) bond motifs is 2. The van der Waals surface area contributed by atoms with Gasteiger partial charge >= 0.3 is 12.1 Å². The Kier molecular flexibility index (Phi) is 9.47. The first-order valence-corrected chi connectivity index (χ1v) is 15.6. The van der Waals surface area contributed by atoms with Crippen molar-refractivity contribution in [1.29, 1.82) is 0 Å². The summed E-state index contributed by atoms with van der Waals surface area (Å²) in [5, 5.41) is 1.30. The van der Waals surface area contributed by atoms with Crippen LogP contribution in [0.1, 0.15) is 91.5 Å². The van der Waals surface area contributed by atoms with Gasteiger partial charge in [-0.05, 0) is 94.2 Å². The van der Waals surface area contributed by atoms with Crippen LogP contribution < -0.4 is 4.74 Å². The number of aryl methyl sites for hydroxylation is 1. The SMILES string of the molecule is COC(=O)c1cc(C2C[C@H](CCCN(C(=O)OC(C)(C)C)[C@H](C)c3ccc(F)c4ccccc34)Oc3ccccc32)ccc1C. The summed E-state index contributed by atoms with van der Waals surface area (Å²) in [6.45, 7) is 9.86. The molecule has 45 heavy (non-hydrogen) atoms. The molecule has 0 saturated heterocycles.